The lowest BCUT2D eigenvalue weighted by atomic mass is 10.0. The molecule has 0 unspecified atom stereocenters. The van der Waals surface area contributed by atoms with E-state index < -0.39 is 0 Å². The lowest BCUT2D eigenvalue weighted by Crippen LogP contribution is -3.15. The third-order valence-corrected chi connectivity index (χ3v) is 5.75. The van der Waals surface area contributed by atoms with E-state index >= 15 is 0 Å². The van der Waals surface area contributed by atoms with Gasteiger partial charge in [0.05, 0.1) is 37.9 Å². The Kier molecular flexibility index (Phi) is 5.67. The molecule has 0 saturated carbocycles. The van der Waals surface area contributed by atoms with E-state index in [-0.39, 0.29) is 11.9 Å². The SMILES string of the molecule is C[C@H](NC(=O)C[NH+]1CCN(c2ccccc2O)CC1)c1ccc2ccccc2c1. The first kappa shape index (κ1) is 19.3. The molecule has 1 aliphatic rings. The standard InChI is InChI=1S/C24H27N3O2/c1-18(20-11-10-19-6-2-3-7-21(19)16-20)25-24(29)17-26-12-14-27(15-13-26)22-8-4-5-9-23(22)28/h2-11,16,18,28H,12-15,17H2,1H3,(H,25,29)/p+1/t18-/m0/s1. The third-order valence-electron chi connectivity index (χ3n) is 5.75. The van der Waals surface area contributed by atoms with Gasteiger partial charge in [-0.1, -0.05) is 48.5 Å². The summed E-state index contributed by atoms with van der Waals surface area (Å²) in [7, 11) is 0. The van der Waals surface area contributed by atoms with Gasteiger partial charge < -0.3 is 20.2 Å². The average molecular weight is 391 g/mol. The quantitative estimate of drug-likeness (QED) is 0.626. The van der Waals surface area contributed by atoms with Gasteiger partial charge in [-0.05, 0) is 41.5 Å². The number of amides is 1. The summed E-state index contributed by atoms with van der Waals surface area (Å²) in [6.45, 7) is 5.94. The molecule has 5 heteroatoms. The van der Waals surface area contributed by atoms with Gasteiger partial charge in [-0.2, -0.15) is 0 Å². The highest BCUT2D eigenvalue weighted by Crippen LogP contribution is 2.26. The number of anilines is 1. The minimum absolute atomic E-state index is 0.0194. The van der Waals surface area contributed by atoms with Crippen molar-refractivity contribution >= 4 is 22.4 Å². The molecule has 3 aromatic carbocycles. The fourth-order valence-electron chi connectivity index (χ4n) is 4.05. The molecule has 1 aliphatic heterocycles. The molecule has 5 nitrogen and oxygen atoms in total. The van der Waals surface area contributed by atoms with Crippen molar-refractivity contribution in [3.63, 3.8) is 0 Å². The minimum atomic E-state index is -0.0194. The molecule has 0 radical (unpaired) electrons. The Labute approximate surface area is 171 Å². The molecule has 0 spiro atoms. The molecule has 0 aromatic heterocycles. The fourth-order valence-corrected chi connectivity index (χ4v) is 4.05. The van der Waals surface area contributed by atoms with Gasteiger partial charge in [0.2, 0.25) is 0 Å². The van der Waals surface area contributed by atoms with Crippen LogP contribution in [0.25, 0.3) is 10.8 Å². The van der Waals surface area contributed by atoms with Crippen LogP contribution in [0.15, 0.2) is 66.7 Å². The number of carbonyl (C=O) groups is 1. The minimum Gasteiger partial charge on any atom is -0.506 e. The second kappa shape index (κ2) is 8.53. The van der Waals surface area contributed by atoms with Gasteiger partial charge in [0.15, 0.2) is 6.54 Å². The zero-order chi connectivity index (χ0) is 20.2. The Hall–Kier alpha value is -3.05. The molecule has 4 rings (SSSR count). The molecule has 1 fully saturated rings. The van der Waals surface area contributed by atoms with Crippen molar-refractivity contribution in [3.8, 4) is 5.75 Å². The van der Waals surface area contributed by atoms with Gasteiger partial charge in [0.25, 0.3) is 5.91 Å². The van der Waals surface area contributed by atoms with Crippen molar-refractivity contribution in [2.45, 2.75) is 13.0 Å². The molecular weight excluding hydrogens is 362 g/mol. The Morgan fingerprint density at radius 2 is 1.72 bits per heavy atom. The van der Waals surface area contributed by atoms with Gasteiger partial charge in [0.1, 0.15) is 5.75 Å². The number of para-hydroxylation sites is 2. The zero-order valence-electron chi connectivity index (χ0n) is 16.8. The summed E-state index contributed by atoms with van der Waals surface area (Å²) in [5, 5.41) is 15.6. The summed E-state index contributed by atoms with van der Waals surface area (Å²) in [5.41, 5.74) is 2.00. The number of nitrogens with one attached hydrogen (secondary N) is 2. The number of hydrogen-bond acceptors (Lipinski definition) is 3. The number of carbonyl (C=O) groups excluding carboxylic acids is 1. The van der Waals surface area contributed by atoms with Crippen LogP contribution in [0, 0.1) is 0 Å². The van der Waals surface area contributed by atoms with Crippen LogP contribution in [0.3, 0.4) is 0 Å². The molecule has 150 valence electrons. The smallest absolute Gasteiger partial charge is 0.275 e. The van der Waals surface area contributed by atoms with Crippen molar-refractivity contribution in [2.24, 2.45) is 0 Å². The van der Waals surface area contributed by atoms with Crippen LogP contribution in [0.2, 0.25) is 0 Å². The highest BCUT2D eigenvalue weighted by molar-refractivity contribution is 5.83. The normalized spacial score (nSPS) is 16.0. The Bertz CT molecular complexity index is 996. The number of phenolic OH excluding ortho intramolecular Hbond substituents is 1. The monoisotopic (exact) mass is 390 g/mol. The van der Waals surface area contributed by atoms with Crippen LogP contribution < -0.4 is 15.1 Å². The van der Waals surface area contributed by atoms with E-state index in [2.05, 4.69) is 40.5 Å². The van der Waals surface area contributed by atoms with Crippen LogP contribution in [-0.4, -0.2) is 43.7 Å². The largest absolute Gasteiger partial charge is 0.506 e. The highest BCUT2D eigenvalue weighted by Gasteiger charge is 2.24. The van der Waals surface area contributed by atoms with E-state index in [1.807, 2.05) is 37.3 Å². The van der Waals surface area contributed by atoms with E-state index in [9.17, 15) is 9.90 Å². The van der Waals surface area contributed by atoms with Gasteiger partial charge in [-0.25, -0.2) is 0 Å². The van der Waals surface area contributed by atoms with Crippen LogP contribution in [-0.2, 0) is 4.79 Å². The molecule has 0 bridgehead atoms. The summed E-state index contributed by atoms with van der Waals surface area (Å²) in [6, 6.07) is 22.0. The van der Waals surface area contributed by atoms with E-state index in [0.717, 1.165) is 37.4 Å². The van der Waals surface area contributed by atoms with Crippen LogP contribution >= 0.6 is 0 Å². The molecule has 0 aliphatic carbocycles. The van der Waals surface area contributed by atoms with Crippen molar-refractivity contribution < 1.29 is 14.8 Å². The number of aromatic hydroxyl groups is 1. The molecule has 1 atom stereocenters. The van der Waals surface area contributed by atoms with E-state index in [0.29, 0.717) is 12.3 Å². The van der Waals surface area contributed by atoms with Crippen LogP contribution in [0.1, 0.15) is 18.5 Å². The molecule has 1 saturated heterocycles. The number of rotatable bonds is 5. The number of nitrogens with zero attached hydrogens (tertiary/aromatic N) is 1. The molecule has 1 heterocycles. The Morgan fingerprint density at radius 1 is 1.03 bits per heavy atom. The molecule has 1 amide bonds. The van der Waals surface area contributed by atoms with Crippen molar-refractivity contribution in [1.82, 2.24) is 5.32 Å². The van der Waals surface area contributed by atoms with Gasteiger partial charge in [0, 0.05) is 0 Å². The van der Waals surface area contributed by atoms with Crippen molar-refractivity contribution in [3.05, 3.63) is 72.3 Å². The Balaban J connectivity index is 1.30. The fraction of sp³-hybridized carbons (Fsp3) is 0.292. The first-order valence-corrected chi connectivity index (χ1v) is 10.2. The number of benzene rings is 3. The predicted octanol–water partition coefficient (Wildman–Crippen LogP) is 2.13. The summed E-state index contributed by atoms with van der Waals surface area (Å²) < 4.78 is 0. The highest BCUT2D eigenvalue weighted by atomic mass is 16.3. The summed E-state index contributed by atoms with van der Waals surface area (Å²) in [5.74, 6) is 0.398. The summed E-state index contributed by atoms with van der Waals surface area (Å²) in [4.78, 5) is 16.0. The van der Waals surface area contributed by atoms with Gasteiger partial charge in [-0.3, -0.25) is 4.79 Å². The third kappa shape index (κ3) is 4.51. The number of piperazine rings is 1. The number of phenols is 1. The van der Waals surface area contributed by atoms with Gasteiger partial charge in [-0.15, -0.1) is 0 Å². The number of fused-ring (bicyclic) bond motifs is 1. The average Bonchev–Trinajstić information content (AvgIpc) is 2.74. The molecule has 29 heavy (non-hydrogen) atoms. The zero-order valence-corrected chi connectivity index (χ0v) is 16.8. The Morgan fingerprint density at radius 3 is 2.48 bits per heavy atom. The number of quaternary nitrogens is 1. The topological polar surface area (TPSA) is 57.0 Å². The second-order valence-corrected chi connectivity index (χ2v) is 7.80. The summed E-state index contributed by atoms with van der Waals surface area (Å²) >= 11 is 0. The van der Waals surface area contributed by atoms with Crippen LogP contribution in [0.5, 0.6) is 5.75 Å². The maximum Gasteiger partial charge on any atom is 0.275 e. The maximum atomic E-state index is 12.6. The number of hydrogen-bond donors (Lipinski definition) is 3. The van der Waals surface area contributed by atoms with E-state index in [1.165, 1.54) is 15.7 Å². The summed E-state index contributed by atoms with van der Waals surface area (Å²) in [6.07, 6.45) is 0. The first-order valence-electron chi connectivity index (χ1n) is 10.2. The maximum absolute atomic E-state index is 12.6. The van der Waals surface area contributed by atoms with E-state index in [1.54, 1.807) is 6.07 Å². The lowest BCUT2D eigenvalue weighted by molar-refractivity contribution is -0.892. The predicted molar refractivity (Wildman–Crippen MR) is 116 cm³/mol. The van der Waals surface area contributed by atoms with E-state index in [4.69, 9.17) is 0 Å². The lowest BCUT2D eigenvalue weighted by Gasteiger charge is -2.33. The second-order valence-electron chi connectivity index (χ2n) is 7.80. The van der Waals surface area contributed by atoms with Gasteiger partial charge >= 0.3 is 0 Å². The van der Waals surface area contributed by atoms with Crippen LogP contribution in [0.4, 0.5) is 5.69 Å². The first-order chi connectivity index (χ1) is 14.1. The van der Waals surface area contributed by atoms with Crippen molar-refractivity contribution in [1.29, 1.82) is 0 Å². The molecular formula is C24H28N3O2+. The molecule has 3 N–H and O–H groups in total. The van der Waals surface area contributed by atoms with Crippen molar-refractivity contribution in [2.75, 3.05) is 37.6 Å². The molecule has 3 aromatic rings.